The van der Waals surface area contributed by atoms with Gasteiger partial charge in [0.25, 0.3) is 5.89 Å². The molecule has 40 heavy (non-hydrogen) atoms. The highest BCUT2D eigenvalue weighted by molar-refractivity contribution is 5.95. The molecule has 0 bridgehead atoms. The number of nitrogens with zero attached hydrogens (tertiary/aromatic N) is 5. The summed E-state index contributed by atoms with van der Waals surface area (Å²) in [5, 5.41) is 20.8. The number of pyridine rings is 1. The maximum absolute atomic E-state index is 12.2. The third-order valence-electron chi connectivity index (χ3n) is 6.55. The van der Waals surface area contributed by atoms with E-state index in [9.17, 15) is 9.90 Å². The molecule has 3 aromatic heterocycles. The van der Waals surface area contributed by atoms with Gasteiger partial charge in [-0.2, -0.15) is 9.97 Å². The number of carbonyl (C=O) groups is 1. The van der Waals surface area contributed by atoms with Crippen LogP contribution in [0.15, 0.2) is 83.8 Å². The molecule has 1 aliphatic rings. The van der Waals surface area contributed by atoms with Gasteiger partial charge in [0, 0.05) is 35.4 Å². The summed E-state index contributed by atoms with van der Waals surface area (Å²) in [6.07, 6.45) is 4.88. The van der Waals surface area contributed by atoms with Crippen molar-refractivity contribution in [1.29, 1.82) is 0 Å². The van der Waals surface area contributed by atoms with Crippen LogP contribution in [0.25, 0.3) is 22.8 Å². The van der Waals surface area contributed by atoms with Gasteiger partial charge in [0.2, 0.25) is 11.8 Å². The minimum atomic E-state index is -0.741. The van der Waals surface area contributed by atoms with Crippen molar-refractivity contribution in [3.63, 3.8) is 0 Å². The van der Waals surface area contributed by atoms with E-state index >= 15 is 0 Å². The fourth-order valence-corrected chi connectivity index (χ4v) is 4.51. The molecule has 1 unspecified atom stereocenters. The molecule has 2 aromatic carbocycles. The summed E-state index contributed by atoms with van der Waals surface area (Å²) in [4.78, 5) is 30.0. The first-order valence-corrected chi connectivity index (χ1v) is 12.6. The second kappa shape index (κ2) is 10.2. The van der Waals surface area contributed by atoms with Crippen LogP contribution in [0.3, 0.4) is 0 Å². The number of esters is 1. The molecule has 0 fully saturated rings. The zero-order valence-electron chi connectivity index (χ0n) is 21.7. The third kappa shape index (κ3) is 4.85. The fraction of sp³-hybridized carbons (Fsp3) is 0.172. The lowest BCUT2D eigenvalue weighted by molar-refractivity contribution is 0.00954. The van der Waals surface area contributed by atoms with Crippen molar-refractivity contribution in [1.82, 2.24) is 25.1 Å². The summed E-state index contributed by atoms with van der Waals surface area (Å²) >= 11 is 0. The zero-order chi connectivity index (χ0) is 27.7. The summed E-state index contributed by atoms with van der Waals surface area (Å²) in [5.74, 6) is 0.885. The van der Waals surface area contributed by atoms with E-state index in [0.29, 0.717) is 34.0 Å². The Morgan fingerprint density at radius 1 is 1.00 bits per heavy atom. The first-order valence-electron chi connectivity index (χ1n) is 12.6. The Labute approximate surface area is 229 Å². The fourth-order valence-electron chi connectivity index (χ4n) is 4.51. The molecule has 200 valence electrons. The zero-order valence-corrected chi connectivity index (χ0v) is 21.7. The lowest BCUT2D eigenvalue weighted by atomic mass is 9.95. The molecular formula is C29H25N7O4. The van der Waals surface area contributed by atoms with Crippen molar-refractivity contribution in [2.75, 3.05) is 17.2 Å². The SMILES string of the molecule is CC1(C)OC(=O)c2ccc(Nc3ncc(-c4nc(-c5cccnc5)no4)c(NC(CO)c4ccccc4)n3)cc21. The van der Waals surface area contributed by atoms with Crippen LogP contribution in [-0.4, -0.2) is 42.8 Å². The number of benzene rings is 2. The van der Waals surface area contributed by atoms with Crippen LogP contribution in [-0.2, 0) is 10.3 Å². The monoisotopic (exact) mass is 535 g/mol. The molecule has 4 heterocycles. The third-order valence-corrected chi connectivity index (χ3v) is 6.55. The first kappa shape index (κ1) is 25.1. The molecule has 0 spiro atoms. The Kier molecular flexibility index (Phi) is 6.40. The molecule has 11 heteroatoms. The lowest BCUT2D eigenvalue weighted by Crippen LogP contribution is -2.17. The second-order valence-corrected chi connectivity index (χ2v) is 9.70. The molecule has 0 aliphatic carbocycles. The Morgan fingerprint density at radius 2 is 1.85 bits per heavy atom. The van der Waals surface area contributed by atoms with E-state index in [0.717, 1.165) is 11.1 Å². The molecule has 1 aliphatic heterocycles. The number of hydrogen-bond donors (Lipinski definition) is 3. The van der Waals surface area contributed by atoms with Gasteiger partial charge in [0.05, 0.1) is 18.2 Å². The maximum Gasteiger partial charge on any atom is 0.339 e. The molecule has 3 N–H and O–H groups in total. The average Bonchev–Trinajstić information content (AvgIpc) is 3.55. The van der Waals surface area contributed by atoms with E-state index in [2.05, 4.69) is 30.7 Å². The van der Waals surface area contributed by atoms with E-state index in [-0.39, 0.29) is 24.4 Å². The topological polar surface area (TPSA) is 148 Å². The Hall–Kier alpha value is -5.16. The van der Waals surface area contributed by atoms with Crippen molar-refractivity contribution >= 4 is 23.4 Å². The summed E-state index contributed by atoms with van der Waals surface area (Å²) < 4.78 is 11.1. The summed E-state index contributed by atoms with van der Waals surface area (Å²) in [6.45, 7) is 3.50. The van der Waals surface area contributed by atoms with Crippen LogP contribution in [0.1, 0.15) is 41.4 Å². The lowest BCUT2D eigenvalue weighted by Gasteiger charge is -2.20. The van der Waals surface area contributed by atoms with Gasteiger partial charge in [-0.1, -0.05) is 35.5 Å². The van der Waals surface area contributed by atoms with E-state index in [1.807, 2.05) is 56.3 Å². The smallest absolute Gasteiger partial charge is 0.339 e. The highest BCUT2D eigenvalue weighted by atomic mass is 16.6. The van der Waals surface area contributed by atoms with Gasteiger partial charge in [0.15, 0.2) is 0 Å². The van der Waals surface area contributed by atoms with Crippen LogP contribution in [0.5, 0.6) is 0 Å². The number of aliphatic hydroxyl groups is 1. The molecule has 0 radical (unpaired) electrons. The van der Waals surface area contributed by atoms with Gasteiger partial charge >= 0.3 is 5.97 Å². The van der Waals surface area contributed by atoms with Crippen LogP contribution in [0.2, 0.25) is 0 Å². The number of fused-ring (bicyclic) bond motifs is 1. The average molecular weight is 536 g/mol. The van der Waals surface area contributed by atoms with Gasteiger partial charge < -0.3 is 25.0 Å². The van der Waals surface area contributed by atoms with Crippen LogP contribution < -0.4 is 10.6 Å². The van der Waals surface area contributed by atoms with Gasteiger partial charge in [-0.05, 0) is 49.7 Å². The normalized spacial score (nSPS) is 14.3. The number of nitrogens with one attached hydrogen (secondary N) is 2. The van der Waals surface area contributed by atoms with Crippen molar-refractivity contribution in [2.24, 2.45) is 0 Å². The number of ether oxygens (including phenoxy) is 1. The van der Waals surface area contributed by atoms with Gasteiger partial charge in [-0.3, -0.25) is 4.98 Å². The van der Waals surface area contributed by atoms with Crippen molar-refractivity contribution in [3.8, 4) is 22.8 Å². The Balaban J connectivity index is 1.36. The van der Waals surface area contributed by atoms with Gasteiger partial charge in [-0.25, -0.2) is 9.78 Å². The van der Waals surface area contributed by atoms with Crippen LogP contribution in [0, 0.1) is 0 Å². The number of rotatable bonds is 8. The summed E-state index contributed by atoms with van der Waals surface area (Å²) in [6, 6.07) is 18.0. The summed E-state index contributed by atoms with van der Waals surface area (Å²) in [5.41, 5.74) is 3.27. The number of anilines is 3. The standard InChI is InChI=1S/C29H25N7O4/c1-29(2)22-13-19(10-11-20(22)27(38)39-29)32-28-31-15-21(26-34-24(36-40-26)18-9-6-12-30-14-18)25(35-28)33-23(16-37)17-7-4-3-5-8-17/h3-15,23,37H,16H2,1-2H3,(H2,31,32,33,35). The predicted molar refractivity (Wildman–Crippen MR) is 147 cm³/mol. The Bertz CT molecular complexity index is 1670. The maximum atomic E-state index is 12.2. The number of aromatic nitrogens is 5. The molecule has 5 aromatic rings. The van der Waals surface area contributed by atoms with Crippen LogP contribution >= 0.6 is 0 Å². The molecular weight excluding hydrogens is 510 g/mol. The van der Waals surface area contributed by atoms with Crippen molar-refractivity contribution in [2.45, 2.75) is 25.5 Å². The van der Waals surface area contributed by atoms with Gasteiger partial charge in [-0.15, -0.1) is 0 Å². The quantitative estimate of drug-likeness (QED) is 0.233. The highest BCUT2D eigenvalue weighted by Gasteiger charge is 2.37. The highest BCUT2D eigenvalue weighted by Crippen LogP contribution is 2.38. The number of hydrogen-bond acceptors (Lipinski definition) is 11. The molecule has 0 amide bonds. The van der Waals surface area contributed by atoms with Crippen LogP contribution in [0.4, 0.5) is 17.5 Å². The molecule has 11 nitrogen and oxygen atoms in total. The molecule has 6 rings (SSSR count). The van der Waals surface area contributed by atoms with E-state index in [1.165, 1.54) is 0 Å². The minimum absolute atomic E-state index is 0.186. The number of aliphatic hydroxyl groups excluding tert-OH is 1. The molecule has 1 atom stereocenters. The first-order chi connectivity index (χ1) is 19.4. The summed E-state index contributed by atoms with van der Waals surface area (Å²) in [7, 11) is 0. The number of cyclic esters (lactones) is 1. The Morgan fingerprint density at radius 3 is 2.62 bits per heavy atom. The van der Waals surface area contributed by atoms with E-state index < -0.39 is 11.6 Å². The minimum Gasteiger partial charge on any atom is -0.451 e. The van der Waals surface area contributed by atoms with Crippen molar-refractivity contribution < 1.29 is 19.2 Å². The number of carbonyl (C=O) groups excluding carboxylic acids is 1. The van der Waals surface area contributed by atoms with Crippen molar-refractivity contribution in [3.05, 3.63) is 95.9 Å². The predicted octanol–water partition coefficient (Wildman–Crippen LogP) is 4.88. The largest absolute Gasteiger partial charge is 0.451 e. The van der Waals surface area contributed by atoms with Gasteiger partial charge in [0.1, 0.15) is 17.0 Å². The van der Waals surface area contributed by atoms with E-state index in [4.69, 9.17) is 14.2 Å². The molecule has 0 saturated heterocycles. The second-order valence-electron chi connectivity index (χ2n) is 9.70. The molecule has 0 saturated carbocycles. The van der Waals surface area contributed by atoms with E-state index in [1.54, 1.807) is 36.8 Å².